The Balaban J connectivity index is 2.83. The predicted molar refractivity (Wildman–Crippen MR) is 41.4 cm³/mol. The maximum absolute atomic E-state index is 5.79. The van der Waals surface area contributed by atoms with Crippen LogP contribution < -0.4 is 0 Å². The van der Waals surface area contributed by atoms with Crippen molar-refractivity contribution in [2.75, 3.05) is 12.4 Å². The van der Waals surface area contributed by atoms with Gasteiger partial charge in [-0.1, -0.05) is 24.6 Å². The Kier molecular flexibility index (Phi) is 6.01. The third-order valence-electron chi connectivity index (χ3n) is 0.598. The molecule has 0 heterocycles. The molecule has 0 amide bonds. The van der Waals surface area contributed by atoms with Crippen LogP contribution in [0.1, 0.15) is 13.3 Å². The molecule has 7 heavy (non-hydrogen) atoms. The molecule has 0 N–H and O–H groups in total. The first kappa shape index (κ1) is 8.07. The van der Waals surface area contributed by atoms with Crippen molar-refractivity contribution in [1.82, 2.24) is 0 Å². The van der Waals surface area contributed by atoms with Crippen molar-refractivity contribution >= 4 is 29.1 Å². The quantitative estimate of drug-likeness (QED) is 0.565. The second kappa shape index (κ2) is 5.21. The van der Waals surface area contributed by atoms with E-state index in [1.807, 2.05) is 0 Å². The molecule has 0 bridgehead atoms. The van der Waals surface area contributed by atoms with E-state index < -0.39 is 0 Å². The van der Waals surface area contributed by atoms with Gasteiger partial charge in [0.1, 0.15) is 0 Å². The van der Waals surface area contributed by atoms with Crippen LogP contribution in [0.15, 0.2) is 0 Å². The van der Waals surface area contributed by atoms with Gasteiger partial charge in [0, 0.05) is 6.48 Å². The van der Waals surface area contributed by atoms with Crippen LogP contribution in [0.5, 0.6) is 0 Å². The summed E-state index contributed by atoms with van der Waals surface area (Å²) in [7, 11) is 0. The lowest BCUT2D eigenvalue weighted by atomic mass is 10.6. The lowest BCUT2D eigenvalue weighted by Crippen LogP contribution is -1.67. The summed E-state index contributed by atoms with van der Waals surface area (Å²) in [5, 5.41) is 0. The summed E-state index contributed by atoms with van der Waals surface area (Å²) in [6.45, 7) is 1.97. The van der Waals surface area contributed by atoms with Gasteiger partial charge in [-0.15, -0.1) is 11.4 Å². The Hall–Kier alpha value is 1.07. The van der Waals surface area contributed by atoms with Crippen molar-refractivity contribution in [3.05, 3.63) is 0 Å². The van der Waals surface area contributed by atoms with Gasteiger partial charge in [-0.2, -0.15) is 0 Å². The lowest BCUT2D eigenvalue weighted by molar-refractivity contribution is 1.11. The van der Waals surface area contributed by atoms with Crippen molar-refractivity contribution < 1.29 is 0 Å². The van der Waals surface area contributed by atoms with Crippen LogP contribution in [0.25, 0.3) is 0 Å². The highest BCUT2D eigenvalue weighted by Crippen LogP contribution is 2.52. The third-order valence-corrected chi connectivity index (χ3v) is 5.28. The zero-order valence-electron chi connectivity index (χ0n) is 4.65. The third kappa shape index (κ3) is 4.93. The molecule has 1 unspecified atom stereocenters. The van der Waals surface area contributed by atoms with E-state index >= 15 is 0 Å². The molecule has 0 nitrogen and oxygen atoms in total. The zero-order chi connectivity index (χ0) is 5.70. The fourth-order valence-electron chi connectivity index (χ4n) is 0.267. The second-order valence-electron chi connectivity index (χ2n) is 1.22. The summed E-state index contributed by atoms with van der Waals surface area (Å²) in [5.74, 6) is 0. The Morgan fingerprint density at radius 3 is 2.43 bits per heavy atom. The summed E-state index contributed by atoms with van der Waals surface area (Å²) >= 11 is 7.57. The van der Waals surface area contributed by atoms with Gasteiger partial charge >= 0.3 is 0 Å². The molecule has 0 aliphatic heterocycles. The molecular weight excluding hydrogens is 147 g/mol. The van der Waals surface area contributed by atoms with E-state index in [-0.39, 0.29) is 6.48 Å². The van der Waals surface area contributed by atoms with Crippen LogP contribution in [0.2, 0.25) is 0 Å². The summed E-state index contributed by atoms with van der Waals surface area (Å²) in [6.07, 6.45) is 4.47. The largest absolute Gasteiger partial charge is 0.121 e. The van der Waals surface area contributed by atoms with Crippen molar-refractivity contribution in [3.8, 4) is 0 Å². The summed E-state index contributed by atoms with van der Waals surface area (Å²) in [6, 6.07) is 0. The molecule has 0 aromatic rings. The van der Waals surface area contributed by atoms with Crippen LogP contribution in [0.4, 0.5) is 0 Å². The van der Waals surface area contributed by atoms with Crippen LogP contribution in [-0.2, 0) is 0 Å². The molecule has 0 saturated heterocycles. The number of hydrogen-bond acceptors (Lipinski definition) is 1. The molecule has 3 heteroatoms. The van der Waals surface area contributed by atoms with Gasteiger partial charge in [0.25, 0.3) is 0 Å². The smallest absolute Gasteiger partial charge is 0.0490 e. The van der Waals surface area contributed by atoms with Gasteiger partial charge in [-0.25, -0.2) is 0 Å². The van der Waals surface area contributed by atoms with Gasteiger partial charge in [0.2, 0.25) is 0 Å². The minimum atomic E-state index is -0.190. The minimum absolute atomic E-state index is 0.190. The Bertz CT molecular complexity index is 42.7. The fourth-order valence-corrected chi connectivity index (χ4v) is 2.40. The molecule has 0 aromatic heterocycles. The Morgan fingerprint density at radius 2 is 2.29 bits per heavy atom. The van der Waals surface area contributed by atoms with E-state index in [0.29, 0.717) is 0 Å². The first-order valence-corrected chi connectivity index (χ1v) is 6.54. The van der Waals surface area contributed by atoms with E-state index in [0.717, 1.165) is 0 Å². The van der Waals surface area contributed by atoms with E-state index in [9.17, 15) is 0 Å². The van der Waals surface area contributed by atoms with E-state index in [1.54, 1.807) is 11.4 Å². The van der Waals surface area contributed by atoms with E-state index in [4.69, 9.17) is 11.2 Å². The first-order valence-electron chi connectivity index (χ1n) is 2.28. The maximum atomic E-state index is 5.79. The first-order chi connectivity index (χ1) is 3.31. The molecule has 44 valence electrons. The van der Waals surface area contributed by atoms with E-state index in [1.165, 1.54) is 12.6 Å². The van der Waals surface area contributed by atoms with Gasteiger partial charge in [-0.3, -0.25) is 0 Å². The van der Waals surface area contributed by atoms with Crippen molar-refractivity contribution in [3.63, 3.8) is 0 Å². The molecule has 1 atom stereocenters. The molecule has 0 saturated carbocycles. The topological polar surface area (TPSA) is 0 Å². The lowest BCUT2D eigenvalue weighted by Gasteiger charge is -1.99. The van der Waals surface area contributed by atoms with Crippen LogP contribution in [0.3, 0.4) is 0 Å². The highest BCUT2D eigenvalue weighted by Gasteiger charge is 1.95. The highest BCUT2D eigenvalue weighted by atomic mass is 35.7. The number of halogens is 1. The van der Waals surface area contributed by atoms with Crippen molar-refractivity contribution in [2.45, 2.75) is 13.3 Å². The molecule has 0 spiro atoms. The Labute approximate surface area is 55.3 Å². The SMILES string of the molecule is CCCP(Cl)SC. The average molecular weight is 157 g/mol. The summed E-state index contributed by atoms with van der Waals surface area (Å²) in [5.41, 5.74) is 0. The summed E-state index contributed by atoms with van der Waals surface area (Å²) < 4.78 is 0. The Morgan fingerprint density at radius 1 is 1.71 bits per heavy atom. The maximum Gasteiger partial charge on any atom is 0.0490 e. The zero-order valence-corrected chi connectivity index (χ0v) is 7.11. The van der Waals surface area contributed by atoms with Crippen LogP contribution in [-0.4, -0.2) is 12.4 Å². The minimum Gasteiger partial charge on any atom is -0.121 e. The standard InChI is InChI=1S/C4H10ClPS/c1-3-4-6(5)7-2/h3-4H2,1-2H3. The van der Waals surface area contributed by atoms with Gasteiger partial charge in [0.05, 0.1) is 0 Å². The van der Waals surface area contributed by atoms with Gasteiger partial charge < -0.3 is 0 Å². The van der Waals surface area contributed by atoms with Crippen molar-refractivity contribution in [2.24, 2.45) is 0 Å². The molecular formula is C4H10ClPS. The van der Waals surface area contributed by atoms with Crippen LogP contribution in [0, 0.1) is 0 Å². The molecule has 0 fully saturated rings. The number of rotatable bonds is 3. The van der Waals surface area contributed by atoms with Crippen LogP contribution >= 0.6 is 29.1 Å². The predicted octanol–water partition coefficient (Wildman–Crippen LogP) is 3.31. The molecule has 0 rings (SSSR count). The van der Waals surface area contributed by atoms with Gasteiger partial charge in [-0.05, 0) is 12.4 Å². The molecule has 0 radical (unpaired) electrons. The second-order valence-corrected chi connectivity index (χ2v) is 6.91. The van der Waals surface area contributed by atoms with Crippen molar-refractivity contribution in [1.29, 1.82) is 0 Å². The molecule has 0 aliphatic rings. The average Bonchev–Trinajstić information content (AvgIpc) is 1.68. The van der Waals surface area contributed by atoms with E-state index in [2.05, 4.69) is 13.2 Å². The summed E-state index contributed by atoms with van der Waals surface area (Å²) in [4.78, 5) is 0. The number of hydrogen-bond donors (Lipinski definition) is 0. The molecule has 0 aliphatic carbocycles. The normalized spacial score (nSPS) is 14.1. The fraction of sp³-hybridized carbons (Fsp3) is 1.00. The van der Waals surface area contributed by atoms with Gasteiger partial charge in [0.15, 0.2) is 0 Å². The highest BCUT2D eigenvalue weighted by molar-refractivity contribution is 8.62. The molecule has 0 aromatic carbocycles. The monoisotopic (exact) mass is 156 g/mol.